The van der Waals surface area contributed by atoms with Crippen molar-refractivity contribution in [3.05, 3.63) is 35.5 Å². The predicted molar refractivity (Wildman–Crippen MR) is 100 cm³/mol. The van der Waals surface area contributed by atoms with Gasteiger partial charge in [-0.3, -0.25) is 9.69 Å². The van der Waals surface area contributed by atoms with Crippen LogP contribution in [0.1, 0.15) is 28.9 Å². The van der Waals surface area contributed by atoms with Crippen LogP contribution in [0.4, 0.5) is 0 Å². The van der Waals surface area contributed by atoms with Crippen molar-refractivity contribution in [3.63, 3.8) is 0 Å². The fourth-order valence-electron chi connectivity index (χ4n) is 4.31. The number of hydrogen-bond donors (Lipinski definition) is 2. The molecule has 1 amide bonds. The van der Waals surface area contributed by atoms with Crippen molar-refractivity contribution in [2.24, 2.45) is 7.05 Å². The molecule has 3 atom stereocenters. The number of nitrogens with zero attached hydrogens (tertiary/aromatic N) is 2. The number of ether oxygens (including phenoxy) is 1. The molecule has 2 aromatic rings. The van der Waals surface area contributed by atoms with Crippen molar-refractivity contribution in [3.8, 4) is 0 Å². The highest BCUT2D eigenvalue weighted by Gasteiger charge is 2.37. The quantitative estimate of drug-likeness (QED) is 0.869. The maximum atomic E-state index is 12.8. The summed E-state index contributed by atoms with van der Waals surface area (Å²) in [5.74, 6) is -0.0148. The lowest BCUT2D eigenvalue weighted by Crippen LogP contribution is -2.46. The molecule has 140 valence electrons. The second-order valence-electron chi connectivity index (χ2n) is 7.63. The number of aromatic nitrogens is 1. The fraction of sp³-hybridized carbons (Fsp3) is 0.550. The van der Waals surface area contributed by atoms with Crippen LogP contribution in [0.5, 0.6) is 0 Å². The number of hydrogen-bond acceptors (Lipinski definition) is 4. The Morgan fingerprint density at radius 1 is 1.35 bits per heavy atom. The highest BCUT2D eigenvalue weighted by atomic mass is 16.5. The Kier molecular flexibility index (Phi) is 4.73. The van der Waals surface area contributed by atoms with Gasteiger partial charge in [0, 0.05) is 49.7 Å². The Hall–Kier alpha value is -1.89. The van der Waals surface area contributed by atoms with Gasteiger partial charge < -0.3 is 19.7 Å². The van der Waals surface area contributed by atoms with Gasteiger partial charge in [0.1, 0.15) is 5.69 Å². The molecule has 4 rings (SSSR count). The molecular formula is C20H27N3O3. The van der Waals surface area contributed by atoms with E-state index < -0.39 is 0 Å². The van der Waals surface area contributed by atoms with Gasteiger partial charge in [0.05, 0.1) is 12.7 Å². The van der Waals surface area contributed by atoms with Crippen LogP contribution >= 0.6 is 0 Å². The van der Waals surface area contributed by atoms with Crippen LogP contribution in [0.2, 0.25) is 0 Å². The lowest BCUT2D eigenvalue weighted by molar-refractivity contribution is -0.0566. The summed E-state index contributed by atoms with van der Waals surface area (Å²) in [5.41, 5.74) is 2.97. The Balaban J connectivity index is 1.44. The molecule has 2 fully saturated rings. The Morgan fingerprint density at radius 2 is 2.19 bits per heavy atom. The topological polar surface area (TPSA) is 66.7 Å². The highest BCUT2D eigenvalue weighted by Crippen LogP contribution is 2.25. The zero-order valence-electron chi connectivity index (χ0n) is 15.4. The number of morpholine rings is 1. The van der Waals surface area contributed by atoms with E-state index in [0.29, 0.717) is 24.8 Å². The maximum Gasteiger partial charge on any atom is 0.268 e. The molecule has 2 aliphatic heterocycles. The number of fused-ring (bicyclic) bond motifs is 2. The molecular weight excluding hydrogens is 330 g/mol. The predicted octanol–water partition coefficient (Wildman–Crippen LogP) is 1.44. The molecule has 6 heteroatoms. The maximum absolute atomic E-state index is 12.8. The third-order valence-corrected chi connectivity index (χ3v) is 5.71. The third kappa shape index (κ3) is 3.24. The summed E-state index contributed by atoms with van der Waals surface area (Å²) in [7, 11) is 1.94. The lowest BCUT2D eigenvalue weighted by Gasteiger charge is -2.34. The van der Waals surface area contributed by atoms with Crippen LogP contribution in [-0.4, -0.2) is 65.0 Å². The minimum atomic E-state index is -0.0148. The van der Waals surface area contributed by atoms with Crippen LogP contribution in [0.15, 0.2) is 24.3 Å². The number of nitrogens with one attached hydrogen (secondary N) is 1. The summed E-state index contributed by atoms with van der Waals surface area (Å²) in [6, 6.07) is 8.73. The third-order valence-electron chi connectivity index (χ3n) is 5.71. The first-order valence-corrected chi connectivity index (χ1v) is 9.38. The highest BCUT2D eigenvalue weighted by molar-refractivity contribution is 5.99. The summed E-state index contributed by atoms with van der Waals surface area (Å²) < 4.78 is 7.79. The number of benzene rings is 1. The second kappa shape index (κ2) is 7.02. The normalized spacial score (nSPS) is 26.2. The summed E-state index contributed by atoms with van der Waals surface area (Å²) >= 11 is 0. The van der Waals surface area contributed by atoms with E-state index in [9.17, 15) is 4.79 Å². The summed E-state index contributed by atoms with van der Waals surface area (Å²) in [5, 5.41) is 13.4. The van der Waals surface area contributed by atoms with E-state index in [0.717, 1.165) is 30.4 Å². The van der Waals surface area contributed by atoms with Crippen LogP contribution in [0, 0.1) is 6.92 Å². The van der Waals surface area contributed by atoms with E-state index in [4.69, 9.17) is 9.84 Å². The number of aryl methyl sites for hydroxylation is 2. The molecule has 0 bridgehead atoms. The number of aliphatic hydroxyl groups excluding tert-OH is 1. The summed E-state index contributed by atoms with van der Waals surface area (Å²) in [6.45, 7) is 4.59. The molecule has 2 aliphatic rings. The van der Waals surface area contributed by atoms with Gasteiger partial charge in [-0.05, 0) is 38.0 Å². The number of rotatable bonds is 4. The molecule has 2 saturated heterocycles. The first-order valence-electron chi connectivity index (χ1n) is 9.38. The van der Waals surface area contributed by atoms with Gasteiger partial charge in [0.2, 0.25) is 0 Å². The van der Waals surface area contributed by atoms with E-state index in [-0.39, 0.29) is 24.7 Å². The van der Waals surface area contributed by atoms with Crippen molar-refractivity contribution in [2.75, 3.05) is 26.3 Å². The lowest BCUT2D eigenvalue weighted by atomic mass is 10.1. The molecule has 26 heavy (non-hydrogen) atoms. The molecule has 0 spiro atoms. The van der Waals surface area contributed by atoms with Gasteiger partial charge in [0.25, 0.3) is 5.91 Å². The van der Waals surface area contributed by atoms with Gasteiger partial charge >= 0.3 is 0 Å². The van der Waals surface area contributed by atoms with Crippen molar-refractivity contribution in [1.29, 1.82) is 0 Å². The molecule has 1 aromatic heterocycles. The van der Waals surface area contributed by atoms with Gasteiger partial charge in [0.15, 0.2) is 0 Å². The molecule has 1 aromatic carbocycles. The smallest absolute Gasteiger partial charge is 0.268 e. The van der Waals surface area contributed by atoms with Crippen LogP contribution in [-0.2, 0) is 11.8 Å². The van der Waals surface area contributed by atoms with Gasteiger partial charge in [-0.25, -0.2) is 0 Å². The van der Waals surface area contributed by atoms with Crippen molar-refractivity contribution >= 4 is 16.8 Å². The van der Waals surface area contributed by atoms with Crippen LogP contribution in [0.25, 0.3) is 10.9 Å². The van der Waals surface area contributed by atoms with Gasteiger partial charge in [-0.2, -0.15) is 0 Å². The molecule has 2 N–H and O–H groups in total. The molecule has 3 heterocycles. The first-order chi connectivity index (χ1) is 12.5. The number of aliphatic hydroxyl groups is 1. The first kappa shape index (κ1) is 17.5. The Labute approximate surface area is 153 Å². The van der Waals surface area contributed by atoms with E-state index in [2.05, 4.69) is 35.3 Å². The van der Waals surface area contributed by atoms with Crippen molar-refractivity contribution < 1.29 is 14.6 Å². The monoisotopic (exact) mass is 357 g/mol. The zero-order valence-corrected chi connectivity index (χ0v) is 15.4. The van der Waals surface area contributed by atoms with Gasteiger partial charge in [-0.1, -0.05) is 11.6 Å². The summed E-state index contributed by atoms with van der Waals surface area (Å²) in [4.78, 5) is 15.2. The molecule has 6 nitrogen and oxygen atoms in total. The molecule has 0 saturated carbocycles. The average Bonchev–Trinajstić information content (AvgIpc) is 3.15. The number of amides is 1. The van der Waals surface area contributed by atoms with E-state index >= 15 is 0 Å². The Morgan fingerprint density at radius 3 is 3.00 bits per heavy atom. The van der Waals surface area contributed by atoms with E-state index in [1.165, 1.54) is 5.56 Å². The Bertz CT molecular complexity index is 816. The number of carbonyl (C=O) groups is 1. The average molecular weight is 357 g/mol. The minimum Gasteiger partial charge on any atom is -0.396 e. The van der Waals surface area contributed by atoms with E-state index in [1.54, 1.807) is 0 Å². The fourth-order valence-corrected chi connectivity index (χ4v) is 4.31. The largest absolute Gasteiger partial charge is 0.396 e. The number of carbonyl (C=O) groups excluding carboxylic acids is 1. The van der Waals surface area contributed by atoms with Crippen LogP contribution in [0.3, 0.4) is 0 Å². The van der Waals surface area contributed by atoms with Gasteiger partial charge in [-0.15, -0.1) is 0 Å². The minimum absolute atomic E-state index is 0.0148. The molecule has 0 aliphatic carbocycles. The zero-order chi connectivity index (χ0) is 18.3. The van der Waals surface area contributed by atoms with Crippen molar-refractivity contribution in [1.82, 2.24) is 14.8 Å². The van der Waals surface area contributed by atoms with Crippen LogP contribution < -0.4 is 5.32 Å². The second-order valence-corrected chi connectivity index (χ2v) is 7.63. The molecule has 0 radical (unpaired) electrons. The standard InChI is InChI=1S/C20H27N3O3/c1-13-3-4-18-14(7-13)8-19(22(18)2)20(25)21-15-9-16-12-26-17(5-6-24)11-23(16)10-15/h3-4,7-8,15-17,24H,5-6,9-12H2,1-2H3,(H,21,25)/t15-,16+,17+/m1/s1. The summed E-state index contributed by atoms with van der Waals surface area (Å²) in [6.07, 6.45) is 1.70. The van der Waals surface area contributed by atoms with E-state index in [1.807, 2.05) is 17.7 Å². The van der Waals surface area contributed by atoms with Crippen molar-refractivity contribution in [2.45, 2.75) is 38.0 Å². The SMILES string of the molecule is Cc1ccc2c(c1)cc(C(=O)N[C@@H]1C[C@H]3CO[C@@H](CCO)CN3C1)n2C. The molecule has 0 unspecified atom stereocenters.